The van der Waals surface area contributed by atoms with Crippen LogP contribution in [0, 0.1) is 0 Å². The second kappa shape index (κ2) is 8.82. The molecule has 2 atom stereocenters. The zero-order chi connectivity index (χ0) is 16.7. The Morgan fingerprint density at radius 3 is 2.70 bits per heavy atom. The fraction of sp³-hybridized carbons (Fsp3) is 0.588. The molecule has 1 aliphatic rings. The van der Waals surface area contributed by atoms with Gasteiger partial charge in [-0.25, -0.2) is 8.78 Å². The van der Waals surface area contributed by atoms with Gasteiger partial charge in [0.15, 0.2) is 5.96 Å². The normalized spacial score (nSPS) is 23.1. The van der Waals surface area contributed by atoms with Gasteiger partial charge in [0.1, 0.15) is 0 Å². The molecule has 0 aliphatic carbocycles. The maximum absolute atomic E-state index is 12.3. The van der Waals surface area contributed by atoms with E-state index in [1.54, 1.807) is 7.05 Å². The molecule has 4 nitrogen and oxygen atoms in total. The van der Waals surface area contributed by atoms with Crippen LogP contribution in [-0.4, -0.2) is 49.5 Å². The Kier molecular flexibility index (Phi) is 6.77. The Morgan fingerprint density at radius 1 is 1.35 bits per heavy atom. The topological polar surface area (TPSA) is 39.7 Å². The van der Waals surface area contributed by atoms with E-state index in [9.17, 15) is 8.78 Å². The molecule has 23 heavy (non-hydrogen) atoms. The average molecular weight is 324 g/mol. The lowest BCUT2D eigenvalue weighted by atomic mass is 9.97. The lowest BCUT2D eigenvalue weighted by Gasteiger charge is -2.38. The standard InChI is InChI=1S/C17H26F2N4/c1-13-10-15(22-17(20-2)21-11-16(18)19)8-9-23(13)12-14-6-4-3-5-7-14/h3-7,13,15-16H,8-12H2,1-2H3,(H2,20,21,22). The largest absolute Gasteiger partial charge is 0.354 e. The van der Waals surface area contributed by atoms with Crippen molar-refractivity contribution in [2.45, 2.75) is 44.8 Å². The van der Waals surface area contributed by atoms with E-state index >= 15 is 0 Å². The molecule has 1 saturated heterocycles. The number of benzene rings is 1. The number of rotatable bonds is 5. The molecule has 0 radical (unpaired) electrons. The summed E-state index contributed by atoms with van der Waals surface area (Å²) in [5, 5.41) is 5.91. The quantitative estimate of drug-likeness (QED) is 0.646. The van der Waals surface area contributed by atoms with Gasteiger partial charge in [-0.05, 0) is 25.3 Å². The smallest absolute Gasteiger partial charge is 0.255 e. The van der Waals surface area contributed by atoms with Crippen molar-refractivity contribution in [2.75, 3.05) is 20.1 Å². The second-order valence-electron chi connectivity index (χ2n) is 6.01. The number of aliphatic imine (C=N–C) groups is 1. The van der Waals surface area contributed by atoms with Crippen LogP contribution in [-0.2, 0) is 6.54 Å². The predicted molar refractivity (Wildman–Crippen MR) is 89.8 cm³/mol. The van der Waals surface area contributed by atoms with E-state index in [1.807, 2.05) is 6.07 Å². The van der Waals surface area contributed by atoms with Crippen molar-refractivity contribution in [1.29, 1.82) is 0 Å². The molecular weight excluding hydrogens is 298 g/mol. The van der Waals surface area contributed by atoms with Crippen LogP contribution in [0.15, 0.2) is 35.3 Å². The van der Waals surface area contributed by atoms with Crippen LogP contribution in [0.4, 0.5) is 8.78 Å². The molecule has 2 rings (SSSR count). The molecule has 1 aromatic rings. The summed E-state index contributed by atoms with van der Waals surface area (Å²) in [6.07, 6.45) is -0.422. The van der Waals surface area contributed by atoms with E-state index in [0.717, 1.165) is 25.9 Å². The number of nitrogens with one attached hydrogen (secondary N) is 2. The summed E-state index contributed by atoms with van der Waals surface area (Å²) >= 11 is 0. The van der Waals surface area contributed by atoms with Gasteiger partial charge in [0.05, 0.1) is 6.54 Å². The molecule has 128 valence electrons. The van der Waals surface area contributed by atoms with Crippen LogP contribution in [0.25, 0.3) is 0 Å². The first-order chi connectivity index (χ1) is 11.1. The van der Waals surface area contributed by atoms with Crippen molar-refractivity contribution in [1.82, 2.24) is 15.5 Å². The van der Waals surface area contributed by atoms with E-state index in [1.165, 1.54) is 5.56 Å². The third-order valence-corrected chi connectivity index (χ3v) is 4.23. The SMILES string of the molecule is CN=C(NCC(F)F)NC1CCN(Cc2ccccc2)C(C)C1. The van der Waals surface area contributed by atoms with Crippen LogP contribution in [0.1, 0.15) is 25.3 Å². The van der Waals surface area contributed by atoms with Gasteiger partial charge in [0.2, 0.25) is 0 Å². The van der Waals surface area contributed by atoms with Crippen LogP contribution in [0.3, 0.4) is 0 Å². The van der Waals surface area contributed by atoms with Gasteiger partial charge in [0.25, 0.3) is 6.43 Å². The predicted octanol–water partition coefficient (Wildman–Crippen LogP) is 2.47. The van der Waals surface area contributed by atoms with Gasteiger partial charge in [0, 0.05) is 32.2 Å². The van der Waals surface area contributed by atoms with Crippen molar-refractivity contribution in [3.05, 3.63) is 35.9 Å². The van der Waals surface area contributed by atoms with Crippen LogP contribution in [0.5, 0.6) is 0 Å². The molecule has 1 aromatic carbocycles. The molecule has 2 unspecified atom stereocenters. The minimum atomic E-state index is -2.37. The summed E-state index contributed by atoms with van der Waals surface area (Å²) in [5.74, 6) is 0.457. The highest BCUT2D eigenvalue weighted by atomic mass is 19.3. The lowest BCUT2D eigenvalue weighted by molar-refractivity contribution is 0.133. The molecular formula is C17H26F2N4. The first-order valence-corrected chi connectivity index (χ1v) is 8.11. The molecule has 1 heterocycles. The van der Waals surface area contributed by atoms with Crippen LogP contribution >= 0.6 is 0 Å². The first-order valence-electron chi connectivity index (χ1n) is 8.11. The van der Waals surface area contributed by atoms with Gasteiger partial charge in [-0.2, -0.15) is 0 Å². The third-order valence-electron chi connectivity index (χ3n) is 4.23. The third kappa shape index (κ3) is 5.78. The number of hydrogen-bond donors (Lipinski definition) is 2. The summed E-state index contributed by atoms with van der Waals surface area (Å²) in [7, 11) is 1.61. The zero-order valence-corrected chi connectivity index (χ0v) is 13.8. The number of piperidine rings is 1. The van der Waals surface area contributed by atoms with Crippen molar-refractivity contribution in [3.8, 4) is 0 Å². The molecule has 0 saturated carbocycles. The average Bonchev–Trinajstić information content (AvgIpc) is 2.54. The first kappa shape index (κ1) is 17.7. The molecule has 0 bridgehead atoms. The Morgan fingerprint density at radius 2 is 2.09 bits per heavy atom. The summed E-state index contributed by atoms with van der Waals surface area (Å²) in [4.78, 5) is 6.47. The molecule has 2 N–H and O–H groups in total. The fourth-order valence-electron chi connectivity index (χ4n) is 2.97. The van der Waals surface area contributed by atoms with Gasteiger partial charge in [-0.1, -0.05) is 30.3 Å². The number of guanidine groups is 1. The Hall–Kier alpha value is -1.69. The van der Waals surface area contributed by atoms with Crippen molar-refractivity contribution < 1.29 is 8.78 Å². The highest BCUT2D eigenvalue weighted by Gasteiger charge is 2.26. The summed E-state index contributed by atoms with van der Waals surface area (Å²) in [6.45, 7) is 3.78. The molecule has 1 aliphatic heterocycles. The van der Waals surface area contributed by atoms with Gasteiger partial charge in [-0.15, -0.1) is 0 Å². The molecule has 0 amide bonds. The molecule has 1 fully saturated rings. The maximum Gasteiger partial charge on any atom is 0.255 e. The number of hydrogen-bond acceptors (Lipinski definition) is 2. The van der Waals surface area contributed by atoms with Crippen molar-refractivity contribution >= 4 is 5.96 Å². The van der Waals surface area contributed by atoms with Gasteiger partial charge < -0.3 is 10.6 Å². The zero-order valence-electron chi connectivity index (χ0n) is 13.8. The van der Waals surface area contributed by atoms with Crippen LogP contribution < -0.4 is 10.6 Å². The van der Waals surface area contributed by atoms with Crippen LogP contribution in [0.2, 0.25) is 0 Å². The van der Waals surface area contributed by atoms with Crippen molar-refractivity contribution in [2.24, 2.45) is 4.99 Å². The highest BCUT2D eigenvalue weighted by molar-refractivity contribution is 5.79. The summed E-state index contributed by atoms with van der Waals surface area (Å²) in [6, 6.07) is 11.2. The molecule has 0 aromatic heterocycles. The van der Waals surface area contributed by atoms with E-state index in [0.29, 0.717) is 12.0 Å². The minimum absolute atomic E-state index is 0.265. The monoisotopic (exact) mass is 324 g/mol. The Bertz CT molecular complexity index is 493. The molecule has 6 heteroatoms. The van der Waals surface area contributed by atoms with E-state index < -0.39 is 6.43 Å². The number of nitrogens with zero attached hydrogens (tertiary/aromatic N) is 2. The Balaban J connectivity index is 1.81. The minimum Gasteiger partial charge on any atom is -0.354 e. The highest BCUT2D eigenvalue weighted by Crippen LogP contribution is 2.19. The Labute approximate surface area is 137 Å². The summed E-state index contributed by atoms with van der Waals surface area (Å²) in [5.41, 5.74) is 1.32. The van der Waals surface area contributed by atoms with Gasteiger partial charge >= 0.3 is 0 Å². The number of likely N-dealkylation sites (tertiary alicyclic amines) is 1. The lowest BCUT2D eigenvalue weighted by Crippen LogP contribution is -2.51. The van der Waals surface area contributed by atoms with E-state index in [4.69, 9.17) is 0 Å². The van der Waals surface area contributed by atoms with Crippen molar-refractivity contribution in [3.63, 3.8) is 0 Å². The number of alkyl halides is 2. The summed E-state index contributed by atoms with van der Waals surface area (Å²) < 4.78 is 24.6. The molecule has 0 spiro atoms. The van der Waals surface area contributed by atoms with Gasteiger partial charge in [-0.3, -0.25) is 9.89 Å². The van der Waals surface area contributed by atoms with E-state index in [-0.39, 0.29) is 12.6 Å². The number of halogens is 2. The maximum atomic E-state index is 12.3. The second-order valence-corrected chi connectivity index (χ2v) is 6.01. The fourth-order valence-corrected chi connectivity index (χ4v) is 2.97. The van der Waals surface area contributed by atoms with E-state index in [2.05, 4.69) is 51.7 Å².